The van der Waals surface area contributed by atoms with Gasteiger partial charge in [-0.25, -0.2) is 13.8 Å². The summed E-state index contributed by atoms with van der Waals surface area (Å²) in [6.07, 6.45) is 2.04. The van der Waals surface area contributed by atoms with Gasteiger partial charge in [-0.05, 0) is 48.7 Å². The lowest BCUT2D eigenvalue weighted by atomic mass is 9.96. The monoisotopic (exact) mass is 421 g/mol. The number of piperidine rings is 1. The number of halogens is 2. The van der Waals surface area contributed by atoms with Crippen molar-refractivity contribution in [2.75, 3.05) is 18.4 Å². The van der Waals surface area contributed by atoms with E-state index in [1.807, 2.05) is 6.07 Å². The molecule has 3 heterocycles. The highest BCUT2D eigenvalue weighted by atomic mass is 19.1. The van der Waals surface area contributed by atoms with Crippen LogP contribution in [0.2, 0.25) is 0 Å². The molecule has 0 saturated carbocycles. The van der Waals surface area contributed by atoms with Gasteiger partial charge in [0.1, 0.15) is 11.6 Å². The highest BCUT2D eigenvalue weighted by Crippen LogP contribution is 2.31. The summed E-state index contributed by atoms with van der Waals surface area (Å²) in [6, 6.07) is 10.6. The lowest BCUT2D eigenvalue weighted by Crippen LogP contribution is -2.39. The Bertz CT molecular complexity index is 1210. The average Bonchev–Trinajstić information content (AvgIpc) is 3.17. The zero-order valence-corrected chi connectivity index (χ0v) is 16.7. The number of anilines is 1. The lowest BCUT2D eigenvalue weighted by molar-refractivity contribution is 0.478. The first-order valence-corrected chi connectivity index (χ1v) is 10.3. The largest absolute Gasteiger partial charge is 0.352 e. The van der Waals surface area contributed by atoms with Crippen molar-refractivity contribution >= 4 is 11.7 Å². The molecule has 2 aliphatic rings. The van der Waals surface area contributed by atoms with E-state index in [0.29, 0.717) is 29.5 Å². The summed E-state index contributed by atoms with van der Waals surface area (Å²) in [5.74, 6) is -0.861. The summed E-state index contributed by atoms with van der Waals surface area (Å²) >= 11 is 0. The van der Waals surface area contributed by atoms with E-state index in [1.54, 1.807) is 12.1 Å². The zero-order valence-electron chi connectivity index (χ0n) is 16.7. The van der Waals surface area contributed by atoms with E-state index in [2.05, 4.69) is 25.6 Å². The Hall–Kier alpha value is -3.39. The van der Waals surface area contributed by atoms with Gasteiger partial charge in [-0.1, -0.05) is 18.2 Å². The molecule has 0 unspecified atom stereocenters. The molecule has 1 aromatic heterocycles. The van der Waals surface area contributed by atoms with Crippen molar-refractivity contribution in [2.45, 2.75) is 25.4 Å². The molecule has 0 bridgehead atoms. The maximum absolute atomic E-state index is 14.3. The van der Waals surface area contributed by atoms with Gasteiger partial charge in [-0.15, -0.1) is 0 Å². The molecule has 0 radical (unpaired) electrons. The van der Waals surface area contributed by atoms with Crippen molar-refractivity contribution in [3.8, 4) is 11.1 Å². The Morgan fingerprint density at radius 1 is 1.10 bits per heavy atom. The predicted molar refractivity (Wildman–Crippen MR) is 116 cm³/mol. The highest BCUT2D eigenvalue weighted by molar-refractivity contribution is 6.14. The molecule has 1 fully saturated rings. The normalized spacial score (nSPS) is 17.9. The Morgan fingerprint density at radius 2 is 1.94 bits per heavy atom. The van der Waals surface area contributed by atoms with Crippen LogP contribution in [0, 0.1) is 11.6 Å². The molecular weight excluding hydrogens is 400 g/mol. The topological polar surface area (TPSA) is 82.2 Å². The Morgan fingerprint density at radius 3 is 2.71 bits per heavy atom. The Kier molecular flexibility index (Phi) is 5.07. The number of hydrogen-bond acceptors (Lipinski definition) is 5. The van der Waals surface area contributed by atoms with Crippen LogP contribution in [0.25, 0.3) is 11.1 Å². The molecule has 8 heteroatoms. The first-order chi connectivity index (χ1) is 15.1. The van der Waals surface area contributed by atoms with Crippen molar-refractivity contribution in [3.63, 3.8) is 0 Å². The molecule has 5 rings (SSSR count). The first-order valence-electron chi connectivity index (χ1n) is 10.3. The zero-order chi connectivity index (χ0) is 21.4. The fraction of sp³-hybridized carbons (Fsp3) is 0.261. The summed E-state index contributed by atoms with van der Waals surface area (Å²) in [5, 5.41) is 6.59. The molecule has 3 N–H and O–H groups in total. The molecule has 6 nitrogen and oxygen atoms in total. The average molecular weight is 421 g/mol. The molecule has 158 valence electrons. The van der Waals surface area contributed by atoms with Crippen LogP contribution in [-0.4, -0.2) is 34.8 Å². The van der Waals surface area contributed by atoms with Crippen LogP contribution in [0.15, 0.2) is 52.3 Å². The van der Waals surface area contributed by atoms with Gasteiger partial charge in [0.25, 0.3) is 5.56 Å². The molecule has 0 aliphatic carbocycles. The first kappa shape index (κ1) is 19.6. The van der Waals surface area contributed by atoms with Crippen LogP contribution in [0.4, 0.5) is 14.7 Å². The van der Waals surface area contributed by atoms with Crippen molar-refractivity contribution in [3.05, 3.63) is 81.3 Å². The smallest absolute Gasteiger partial charge is 0.252 e. The lowest BCUT2D eigenvalue weighted by Gasteiger charge is -2.24. The van der Waals surface area contributed by atoms with Crippen molar-refractivity contribution in [1.29, 1.82) is 0 Å². The van der Waals surface area contributed by atoms with Gasteiger partial charge >= 0.3 is 0 Å². The minimum absolute atomic E-state index is 0.0810. The van der Waals surface area contributed by atoms with Crippen molar-refractivity contribution in [1.82, 2.24) is 15.3 Å². The summed E-state index contributed by atoms with van der Waals surface area (Å²) in [5.41, 5.74) is 2.67. The molecule has 31 heavy (non-hydrogen) atoms. The number of H-pyrrole nitrogens is 1. The number of aromatic amines is 1. The van der Waals surface area contributed by atoms with Gasteiger partial charge in [-0.3, -0.25) is 14.8 Å². The second kappa shape index (κ2) is 8.03. The minimum atomic E-state index is -0.627. The van der Waals surface area contributed by atoms with Crippen LogP contribution in [0.3, 0.4) is 0 Å². The molecule has 0 amide bonds. The number of aromatic nitrogens is 2. The van der Waals surface area contributed by atoms with Crippen LogP contribution >= 0.6 is 0 Å². The minimum Gasteiger partial charge on any atom is -0.352 e. The van der Waals surface area contributed by atoms with Gasteiger partial charge in [0, 0.05) is 24.2 Å². The van der Waals surface area contributed by atoms with Crippen LogP contribution in [0.5, 0.6) is 0 Å². The van der Waals surface area contributed by atoms with Crippen LogP contribution in [-0.2, 0) is 6.54 Å². The van der Waals surface area contributed by atoms with Gasteiger partial charge < -0.3 is 10.6 Å². The molecule has 1 saturated heterocycles. The van der Waals surface area contributed by atoms with Gasteiger partial charge in [0.15, 0.2) is 0 Å². The number of aliphatic imine (C=N–C) groups is 1. The predicted octanol–water partition coefficient (Wildman–Crippen LogP) is 3.23. The van der Waals surface area contributed by atoms with E-state index in [-0.39, 0.29) is 17.2 Å². The summed E-state index contributed by atoms with van der Waals surface area (Å²) < 4.78 is 28.6. The van der Waals surface area contributed by atoms with Crippen LogP contribution in [0.1, 0.15) is 29.7 Å². The third kappa shape index (κ3) is 3.86. The number of hydrogen-bond donors (Lipinski definition) is 3. The second-order valence-electron chi connectivity index (χ2n) is 7.80. The fourth-order valence-electron chi connectivity index (χ4n) is 4.15. The number of nitrogens with one attached hydrogen (secondary N) is 3. The van der Waals surface area contributed by atoms with Gasteiger partial charge in [0.05, 0.1) is 23.5 Å². The van der Waals surface area contributed by atoms with Crippen LogP contribution < -0.4 is 16.2 Å². The summed E-state index contributed by atoms with van der Waals surface area (Å²) in [7, 11) is 0. The highest BCUT2D eigenvalue weighted by Gasteiger charge is 2.22. The summed E-state index contributed by atoms with van der Waals surface area (Å²) in [6.45, 7) is 2.21. The van der Waals surface area contributed by atoms with E-state index in [1.165, 1.54) is 24.3 Å². The SMILES string of the molecule is O=c1cc(C2=NCc3ccc(-c4c(F)cccc4F)cc32)nc(N[C@@H]2CCCNC2)[nH]1. The summed E-state index contributed by atoms with van der Waals surface area (Å²) in [4.78, 5) is 24.2. The fourth-order valence-corrected chi connectivity index (χ4v) is 4.15. The third-order valence-electron chi connectivity index (χ3n) is 5.65. The van der Waals surface area contributed by atoms with E-state index in [0.717, 1.165) is 37.1 Å². The van der Waals surface area contributed by atoms with E-state index in [4.69, 9.17) is 0 Å². The molecular formula is C23H21F2N5O. The Balaban J connectivity index is 1.50. The van der Waals surface area contributed by atoms with Crippen molar-refractivity contribution in [2.24, 2.45) is 4.99 Å². The number of benzene rings is 2. The number of fused-ring (bicyclic) bond motifs is 1. The van der Waals surface area contributed by atoms with E-state index in [9.17, 15) is 13.6 Å². The van der Waals surface area contributed by atoms with Gasteiger partial charge in [-0.2, -0.15) is 0 Å². The molecule has 2 aliphatic heterocycles. The molecule has 2 aromatic carbocycles. The van der Waals surface area contributed by atoms with E-state index >= 15 is 0 Å². The Labute approximate surface area is 177 Å². The maximum Gasteiger partial charge on any atom is 0.252 e. The quantitative estimate of drug-likeness (QED) is 0.604. The van der Waals surface area contributed by atoms with Gasteiger partial charge in [0.2, 0.25) is 5.95 Å². The number of nitrogens with zero attached hydrogens (tertiary/aromatic N) is 2. The number of rotatable bonds is 4. The molecule has 1 atom stereocenters. The third-order valence-corrected chi connectivity index (χ3v) is 5.65. The molecule has 3 aromatic rings. The standard InChI is InChI=1S/C23H21F2N5O/c24-17-4-1-5-18(25)21(17)13-6-7-14-11-27-22(16(14)9-13)19-10-20(31)30-23(29-19)28-15-3-2-8-26-12-15/h1,4-7,9-10,15,26H,2-3,8,11-12H2,(H2,28,29,30,31)/t15-/m1/s1. The van der Waals surface area contributed by atoms with E-state index < -0.39 is 11.6 Å². The molecule has 0 spiro atoms. The second-order valence-corrected chi connectivity index (χ2v) is 7.80. The van der Waals surface area contributed by atoms with Crippen molar-refractivity contribution < 1.29 is 8.78 Å². The maximum atomic E-state index is 14.3.